The number of allylic oxidation sites excluding steroid dienone is 1. The van der Waals surface area contributed by atoms with Gasteiger partial charge in [-0.05, 0) is 60.9 Å². The molecule has 0 bridgehead atoms. The van der Waals surface area contributed by atoms with Crippen molar-refractivity contribution in [3.8, 4) is 11.6 Å². The van der Waals surface area contributed by atoms with Gasteiger partial charge in [0.2, 0.25) is 5.88 Å². The zero-order valence-electron chi connectivity index (χ0n) is 14.6. The summed E-state index contributed by atoms with van der Waals surface area (Å²) in [5, 5.41) is 0.707. The van der Waals surface area contributed by atoms with Gasteiger partial charge in [0.15, 0.2) is 0 Å². The third-order valence-corrected chi connectivity index (χ3v) is 4.79. The van der Waals surface area contributed by atoms with E-state index in [0.29, 0.717) is 23.1 Å². The Morgan fingerprint density at radius 3 is 2.88 bits per heavy atom. The SMILES string of the molecule is CC(=O)C[C@@H](C)/C=C/c1ccc(Oc2ccc3c(c2Cl)CCC3)nc1. The molecule has 4 heteroatoms. The van der Waals surface area contributed by atoms with Crippen molar-refractivity contribution in [3.05, 3.63) is 58.3 Å². The summed E-state index contributed by atoms with van der Waals surface area (Å²) in [5.41, 5.74) is 3.51. The van der Waals surface area contributed by atoms with Gasteiger partial charge in [0, 0.05) is 18.7 Å². The van der Waals surface area contributed by atoms with Crippen molar-refractivity contribution in [1.29, 1.82) is 0 Å². The van der Waals surface area contributed by atoms with Crippen LogP contribution in [0.4, 0.5) is 0 Å². The Bertz CT molecular complexity index is 796. The highest BCUT2D eigenvalue weighted by atomic mass is 35.5. The van der Waals surface area contributed by atoms with E-state index in [1.54, 1.807) is 13.1 Å². The molecular formula is C21H22ClNO2. The molecule has 130 valence electrons. The molecule has 3 nitrogen and oxygen atoms in total. The second kappa shape index (κ2) is 7.83. The summed E-state index contributed by atoms with van der Waals surface area (Å²) < 4.78 is 5.86. The third-order valence-electron chi connectivity index (χ3n) is 4.38. The number of Topliss-reactive ketones (excluding diaryl/α,β-unsaturated/α-hetero) is 1. The van der Waals surface area contributed by atoms with E-state index >= 15 is 0 Å². The first-order valence-electron chi connectivity index (χ1n) is 8.64. The lowest BCUT2D eigenvalue weighted by atomic mass is 10.0. The number of hydrogen-bond donors (Lipinski definition) is 0. The van der Waals surface area contributed by atoms with Gasteiger partial charge in [-0.15, -0.1) is 0 Å². The molecule has 1 atom stereocenters. The Balaban J connectivity index is 1.67. The molecule has 0 unspecified atom stereocenters. The van der Waals surface area contributed by atoms with Crippen LogP contribution < -0.4 is 4.74 Å². The summed E-state index contributed by atoms with van der Waals surface area (Å²) in [6.45, 7) is 3.64. The Hall–Kier alpha value is -2.13. The van der Waals surface area contributed by atoms with Crippen molar-refractivity contribution in [2.24, 2.45) is 5.92 Å². The number of nitrogens with zero attached hydrogens (tertiary/aromatic N) is 1. The average Bonchev–Trinajstić information content (AvgIpc) is 3.06. The van der Waals surface area contributed by atoms with E-state index in [1.807, 2.05) is 37.3 Å². The summed E-state index contributed by atoms with van der Waals surface area (Å²) in [5.74, 6) is 1.60. The molecule has 0 fully saturated rings. The van der Waals surface area contributed by atoms with Crippen LogP contribution in [0.25, 0.3) is 6.08 Å². The average molecular weight is 356 g/mol. The smallest absolute Gasteiger partial charge is 0.219 e. The topological polar surface area (TPSA) is 39.2 Å². The maximum Gasteiger partial charge on any atom is 0.219 e. The Kier molecular flexibility index (Phi) is 5.54. The minimum Gasteiger partial charge on any atom is -0.437 e. The second-order valence-corrected chi connectivity index (χ2v) is 7.02. The molecule has 1 aliphatic carbocycles. The van der Waals surface area contributed by atoms with Crippen LogP contribution in [0.5, 0.6) is 11.6 Å². The van der Waals surface area contributed by atoms with Gasteiger partial charge >= 0.3 is 0 Å². The molecule has 1 aromatic carbocycles. The van der Waals surface area contributed by atoms with Crippen molar-refractivity contribution in [2.45, 2.75) is 39.5 Å². The number of hydrogen-bond acceptors (Lipinski definition) is 3. The maximum atomic E-state index is 11.1. The number of ketones is 1. The molecule has 0 aliphatic heterocycles. The van der Waals surface area contributed by atoms with Crippen LogP contribution in [0.1, 0.15) is 43.4 Å². The molecule has 1 aromatic heterocycles. The number of ether oxygens (including phenoxy) is 1. The lowest BCUT2D eigenvalue weighted by Crippen LogP contribution is -1.97. The van der Waals surface area contributed by atoms with Crippen molar-refractivity contribution in [3.63, 3.8) is 0 Å². The summed E-state index contributed by atoms with van der Waals surface area (Å²) >= 11 is 6.47. The van der Waals surface area contributed by atoms with Gasteiger partial charge in [0.1, 0.15) is 11.5 Å². The molecule has 0 saturated heterocycles. The number of pyridine rings is 1. The molecule has 0 radical (unpaired) electrons. The fourth-order valence-corrected chi connectivity index (χ4v) is 3.46. The van der Waals surface area contributed by atoms with E-state index in [1.165, 1.54) is 11.1 Å². The van der Waals surface area contributed by atoms with Gasteiger partial charge in [0.25, 0.3) is 0 Å². The predicted octanol–water partition coefficient (Wildman–Crippen LogP) is 5.64. The van der Waals surface area contributed by atoms with Crippen molar-refractivity contribution < 1.29 is 9.53 Å². The summed E-state index contributed by atoms with van der Waals surface area (Å²) in [7, 11) is 0. The minimum absolute atomic E-state index is 0.199. The minimum atomic E-state index is 0.199. The number of halogens is 1. The number of aromatic nitrogens is 1. The van der Waals surface area contributed by atoms with Gasteiger partial charge in [0.05, 0.1) is 5.02 Å². The van der Waals surface area contributed by atoms with E-state index in [4.69, 9.17) is 16.3 Å². The van der Waals surface area contributed by atoms with E-state index in [2.05, 4.69) is 11.1 Å². The number of aryl methyl sites for hydroxylation is 1. The van der Waals surface area contributed by atoms with Gasteiger partial charge in [-0.2, -0.15) is 0 Å². The van der Waals surface area contributed by atoms with Gasteiger partial charge in [-0.1, -0.05) is 36.7 Å². The first-order valence-corrected chi connectivity index (χ1v) is 9.02. The standard InChI is InChI=1S/C21H22ClNO2/c1-14(12-15(2)24)6-7-16-8-11-20(23-13-16)25-19-10-9-17-4-3-5-18(17)21(19)22/h6-11,13-14H,3-5,12H2,1-2H3/b7-6+/t14-/m0/s1. The number of rotatable bonds is 6. The van der Waals surface area contributed by atoms with Crippen molar-refractivity contribution in [1.82, 2.24) is 4.98 Å². The molecule has 0 saturated carbocycles. The van der Waals surface area contributed by atoms with E-state index in [0.717, 1.165) is 24.8 Å². The van der Waals surface area contributed by atoms with E-state index in [9.17, 15) is 4.79 Å². The van der Waals surface area contributed by atoms with Crippen molar-refractivity contribution in [2.75, 3.05) is 0 Å². The first-order chi connectivity index (χ1) is 12.0. The number of carbonyl (C=O) groups is 1. The molecule has 25 heavy (non-hydrogen) atoms. The largest absolute Gasteiger partial charge is 0.437 e. The molecular weight excluding hydrogens is 334 g/mol. The summed E-state index contributed by atoms with van der Waals surface area (Å²) in [6, 6.07) is 7.79. The zero-order chi connectivity index (χ0) is 17.8. The van der Waals surface area contributed by atoms with Crippen LogP contribution in [-0.4, -0.2) is 10.8 Å². The molecule has 3 rings (SSSR count). The molecule has 0 spiro atoms. The third kappa shape index (κ3) is 4.49. The summed E-state index contributed by atoms with van der Waals surface area (Å²) in [6.07, 6.45) is 9.58. The molecule has 0 amide bonds. The van der Waals surface area contributed by atoms with Crippen LogP contribution in [0.3, 0.4) is 0 Å². The maximum absolute atomic E-state index is 11.1. The van der Waals surface area contributed by atoms with Crippen LogP contribution in [0.2, 0.25) is 5.02 Å². The molecule has 0 N–H and O–H groups in total. The number of benzene rings is 1. The molecule has 1 aliphatic rings. The van der Waals surface area contributed by atoms with E-state index < -0.39 is 0 Å². The molecule has 1 heterocycles. The zero-order valence-corrected chi connectivity index (χ0v) is 15.3. The van der Waals surface area contributed by atoms with E-state index in [-0.39, 0.29) is 11.7 Å². The van der Waals surface area contributed by atoms with Crippen LogP contribution >= 0.6 is 11.6 Å². The van der Waals surface area contributed by atoms with Gasteiger partial charge in [-0.3, -0.25) is 0 Å². The quantitative estimate of drug-likeness (QED) is 0.672. The lowest BCUT2D eigenvalue weighted by Gasteiger charge is -2.10. The monoisotopic (exact) mass is 355 g/mol. The normalized spacial score (nSPS) is 14.5. The fraction of sp³-hybridized carbons (Fsp3) is 0.333. The lowest BCUT2D eigenvalue weighted by molar-refractivity contribution is -0.117. The van der Waals surface area contributed by atoms with Gasteiger partial charge < -0.3 is 9.53 Å². The highest BCUT2D eigenvalue weighted by molar-refractivity contribution is 6.33. The predicted molar refractivity (Wildman–Crippen MR) is 101 cm³/mol. The first kappa shape index (κ1) is 17.7. The number of fused-ring (bicyclic) bond motifs is 1. The highest BCUT2D eigenvalue weighted by Crippen LogP contribution is 2.37. The Labute approximate surface area is 153 Å². The van der Waals surface area contributed by atoms with Crippen LogP contribution in [-0.2, 0) is 17.6 Å². The fourth-order valence-electron chi connectivity index (χ4n) is 3.14. The van der Waals surface area contributed by atoms with Gasteiger partial charge in [-0.25, -0.2) is 4.98 Å². The molecule has 2 aromatic rings. The van der Waals surface area contributed by atoms with Crippen molar-refractivity contribution >= 4 is 23.5 Å². The van der Waals surface area contributed by atoms with Crippen LogP contribution in [0.15, 0.2) is 36.5 Å². The summed E-state index contributed by atoms with van der Waals surface area (Å²) in [4.78, 5) is 15.5. The van der Waals surface area contributed by atoms with Crippen LogP contribution in [0, 0.1) is 5.92 Å². The number of carbonyl (C=O) groups excluding carboxylic acids is 1. The Morgan fingerprint density at radius 2 is 2.16 bits per heavy atom. The Morgan fingerprint density at radius 1 is 1.32 bits per heavy atom. The highest BCUT2D eigenvalue weighted by Gasteiger charge is 2.17. The second-order valence-electron chi connectivity index (χ2n) is 6.64.